The van der Waals surface area contributed by atoms with Crippen molar-refractivity contribution in [1.82, 2.24) is 4.90 Å². The first-order chi connectivity index (χ1) is 8.09. The summed E-state index contributed by atoms with van der Waals surface area (Å²) in [5.41, 5.74) is 0.719. The molecular weight excluding hydrogens is 230 g/mol. The SMILES string of the molecule is CC1CCC(C)N(C(=O)c2ccccc2S)C1. The first-order valence-corrected chi connectivity index (χ1v) is 6.63. The van der Waals surface area contributed by atoms with Crippen LogP contribution >= 0.6 is 12.6 Å². The summed E-state index contributed by atoms with van der Waals surface area (Å²) in [6.07, 6.45) is 2.31. The number of hydrogen-bond acceptors (Lipinski definition) is 2. The van der Waals surface area contributed by atoms with Gasteiger partial charge in [-0.3, -0.25) is 4.79 Å². The van der Waals surface area contributed by atoms with Crippen molar-refractivity contribution in [3.05, 3.63) is 29.8 Å². The van der Waals surface area contributed by atoms with Crippen LogP contribution in [0.1, 0.15) is 37.0 Å². The third-order valence-corrected chi connectivity index (χ3v) is 3.90. The molecule has 3 heteroatoms. The van der Waals surface area contributed by atoms with Gasteiger partial charge in [-0.2, -0.15) is 0 Å². The van der Waals surface area contributed by atoms with Crippen molar-refractivity contribution in [3.8, 4) is 0 Å². The Hall–Kier alpha value is -0.960. The van der Waals surface area contributed by atoms with Gasteiger partial charge in [-0.05, 0) is 37.8 Å². The second-order valence-corrected chi connectivity index (χ2v) is 5.49. The summed E-state index contributed by atoms with van der Waals surface area (Å²) < 4.78 is 0. The molecule has 0 spiro atoms. The molecule has 92 valence electrons. The van der Waals surface area contributed by atoms with Crippen molar-refractivity contribution < 1.29 is 4.79 Å². The van der Waals surface area contributed by atoms with E-state index in [9.17, 15) is 4.79 Å². The van der Waals surface area contributed by atoms with E-state index < -0.39 is 0 Å². The van der Waals surface area contributed by atoms with Crippen LogP contribution in [0, 0.1) is 5.92 Å². The first kappa shape index (κ1) is 12.5. The number of carbonyl (C=O) groups is 1. The number of amides is 1. The van der Waals surface area contributed by atoms with Gasteiger partial charge in [-0.15, -0.1) is 12.6 Å². The fraction of sp³-hybridized carbons (Fsp3) is 0.500. The number of benzene rings is 1. The van der Waals surface area contributed by atoms with Crippen LogP contribution in [-0.2, 0) is 0 Å². The number of carbonyl (C=O) groups excluding carboxylic acids is 1. The van der Waals surface area contributed by atoms with Gasteiger partial charge in [0.15, 0.2) is 0 Å². The number of nitrogens with zero attached hydrogens (tertiary/aromatic N) is 1. The molecule has 1 heterocycles. The van der Waals surface area contributed by atoms with Gasteiger partial charge in [0, 0.05) is 17.5 Å². The molecule has 1 aromatic rings. The quantitative estimate of drug-likeness (QED) is 0.758. The van der Waals surface area contributed by atoms with Crippen LogP contribution in [0.3, 0.4) is 0 Å². The molecule has 1 aromatic carbocycles. The lowest BCUT2D eigenvalue weighted by atomic mass is 9.94. The van der Waals surface area contributed by atoms with Gasteiger partial charge < -0.3 is 4.90 Å². The third-order valence-electron chi connectivity index (χ3n) is 3.51. The molecule has 1 saturated heterocycles. The summed E-state index contributed by atoms with van der Waals surface area (Å²) in [4.78, 5) is 15.2. The lowest BCUT2D eigenvalue weighted by molar-refractivity contribution is 0.0570. The Morgan fingerprint density at radius 1 is 1.29 bits per heavy atom. The molecule has 1 aliphatic rings. The third kappa shape index (κ3) is 2.65. The highest BCUT2D eigenvalue weighted by molar-refractivity contribution is 7.80. The maximum absolute atomic E-state index is 12.5. The highest BCUT2D eigenvalue weighted by Crippen LogP contribution is 2.25. The minimum absolute atomic E-state index is 0.120. The van der Waals surface area contributed by atoms with E-state index in [4.69, 9.17) is 0 Å². The van der Waals surface area contributed by atoms with E-state index in [2.05, 4.69) is 26.5 Å². The number of piperidine rings is 1. The van der Waals surface area contributed by atoms with Crippen LogP contribution < -0.4 is 0 Å². The fourth-order valence-electron chi connectivity index (χ4n) is 2.38. The van der Waals surface area contributed by atoms with Crippen molar-refractivity contribution in [1.29, 1.82) is 0 Å². The van der Waals surface area contributed by atoms with E-state index in [0.29, 0.717) is 12.0 Å². The van der Waals surface area contributed by atoms with E-state index in [1.54, 1.807) is 0 Å². The van der Waals surface area contributed by atoms with Crippen LogP contribution in [-0.4, -0.2) is 23.4 Å². The lowest BCUT2D eigenvalue weighted by Gasteiger charge is -2.37. The van der Waals surface area contributed by atoms with Crippen LogP contribution in [0.25, 0.3) is 0 Å². The fourth-order valence-corrected chi connectivity index (χ4v) is 2.64. The highest BCUT2D eigenvalue weighted by Gasteiger charge is 2.28. The maximum Gasteiger partial charge on any atom is 0.255 e. The molecular formula is C14H19NOS. The Labute approximate surface area is 108 Å². The van der Waals surface area contributed by atoms with Gasteiger partial charge in [0.25, 0.3) is 5.91 Å². The second-order valence-electron chi connectivity index (χ2n) is 5.01. The van der Waals surface area contributed by atoms with Gasteiger partial charge in [0.1, 0.15) is 0 Å². The number of rotatable bonds is 1. The average molecular weight is 249 g/mol. The van der Waals surface area contributed by atoms with E-state index in [1.807, 2.05) is 29.2 Å². The van der Waals surface area contributed by atoms with E-state index in [-0.39, 0.29) is 5.91 Å². The predicted molar refractivity (Wildman–Crippen MR) is 72.6 cm³/mol. The highest BCUT2D eigenvalue weighted by atomic mass is 32.1. The summed E-state index contributed by atoms with van der Waals surface area (Å²) in [6, 6.07) is 7.86. The van der Waals surface area contributed by atoms with Gasteiger partial charge in [-0.25, -0.2) is 0 Å². The van der Waals surface area contributed by atoms with Gasteiger partial charge in [-0.1, -0.05) is 19.1 Å². The first-order valence-electron chi connectivity index (χ1n) is 6.18. The zero-order chi connectivity index (χ0) is 12.4. The molecule has 0 aromatic heterocycles. The lowest BCUT2D eigenvalue weighted by Crippen LogP contribution is -2.45. The average Bonchev–Trinajstić information content (AvgIpc) is 2.32. The van der Waals surface area contributed by atoms with Crippen molar-refractivity contribution in [2.45, 2.75) is 37.6 Å². The molecule has 2 unspecified atom stereocenters. The second kappa shape index (κ2) is 5.13. The molecule has 2 atom stereocenters. The minimum atomic E-state index is 0.120. The van der Waals surface area contributed by atoms with Crippen LogP contribution in [0.15, 0.2) is 29.2 Å². The molecule has 2 rings (SSSR count). The summed E-state index contributed by atoms with van der Waals surface area (Å²) in [7, 11) is 0. The van der Waals surface area contributed by atoms with Crippen molar-refractivity contribution in [2.75, 3.05) is 6.54 Å². The standard InChI is InChI=1S/C14H19NOS/c1-10-7-8-11(2)15(9-10)14(16)12-5-3-4-6-13(12)17/h3-6,10-11,17H,7-9H2,1-2H3. The Kier molecular flexibility index (Phi) is 3.77. The summed E-state index contributed by atoms with van der Waals surface area (Å²) in [5, 5.41) is 0. The van der Waals surface area contributed by atoms with Crippen LogP contribution in [0.2, 0.25) is 0 Å². The van der Waals surface area contributed by atoms with E-state index >= 15 is 0 Å². The van der Waals surface area contributed by atoms with Gasteiger partial charge >= 0.3 is 0 Å². The van der Waals surface area contributed by atoms with Crippen molar-refractivity contribution in [2.24, 2.45) is 5.92 Å². The van der Waals surface area contributed by atoms with Crippen molar-refractivity contribution >= 4 is 18.5 Å². The summed E-state index contributed by atoms with van der Waals surface area (Å²) in [5.74, 6) is 0.719. The Morgan fingerprint density at radius 3 is 2.71 bits per heavy atom. The van der Waals surface area contributed by atoms with E-state index in [1.165, 1.54) is 6.42 Å². The Balaban J connectivity index is 2.22. The molecule has 1 aliphatic heterocycles. The maximum atomic E-state index is 12.5. The molecule has 0 radical (unpaired) electrons. The largest absolute Gasteiger partial charge is 0.336 e. The zero-order valence-electron chi connectivity index (χ0n) is 10.4. The summed E-state index contributed by atoms with van der Waals surface area (Å²) in [6.45, 7) is 5.20. The normalized spacial score (nSPS) is 24.8. The molecule has 0 aliphatic carbocycles. The van der Waals surface area contributed by atoms with E-state index in [0.717, 1.165) is 23.4 Å². The molecule has 1 fully saturated rings. The molecule has 2 nitrogen and oxygen atoms in total. The number of thiol groups is 1. The van der Waals surface area contributed by atoms with Crippen LogP contribution in [0.4, 0.5) is 0 Å². The summed E-state index contributed by atoms with van der Waals surface area (Å²) >= 11 is 4.36. The van der Waals surface area contributed by atoms with Crippen molar-refractivity contribution in [3.63, 3.8) is 0 Å². The van der Waals surface area contributed by atoms with Gasteiger partial charge in [0.05, 0.1) is 5.56 Å². The Bertz CT molecular complexity index is 418. The monoisotopic (exact) mass is 249 g/mol. The predicted octanol–water partition coefficient (Wildman–Crippen LogP) is 3.24. The topological polar surface area (TPSA) is 20.3 Å². The minimum Gasteiger partial charge on any atom is -0.336 e. The molecule has 1 amide bonds. The smallest absolute Gasteiger partial charge is 0.255 e. The number of hydrogen-bond donors (Lipinski definition) is 1. The van der Waals surface area contributed by atoms with Crippen LogP contribution in [0.5, 0.6) is 0 Å². The molecule has 17 heavy (non-hydrogen) atoms. The molecule has 0 saturated carbocycles. The zero-order valence-corrected chi connectivity index (χ0v) is 11.3. The number of likely N-dealkylation sites (tertiary alicyclic amines) is 1. The molecule has 0 N–H and O–H groups in total. The van der Waals surface area contributed by atoms with Gasteiger partial charge in [0.2, 0.25) is 0 Å². The molecule has 0 bridgehead atoms. The Morgan fingerprint density at radius 2 is 2.00 bits per heavy atom.